The Hall–Kier alpha value is -2.43. The first-order chi connectivity index (χ1) is 16.1. The molecule has 8 nitrogen and oxygen atoms in total. The van der Waals surface area contributed by atoms with E-state index in [0.717, 1.165) is 24.7 Å². The van der Waals surface area contributed by atoms with Crippen LogP contribution in [0.4, 0.5) is 0 Å². The molecule has 1 amide bonds. The van der Waals surface area contributed by atoms with Gasteiger partial charge in [-0.1, -0.05) is 19.1 Å². The monoisotopic (exact) mass is 508 g/mol. The minimum atomic E-state index is -3.56. The predicted molar refractivity (Wildman–Crippen MR) is 130 cm³/mol. The lowest BCUT2D eigenvalue weighted by Gasteiger charge is -2.19. The van der Waals surface area contributed by atoms with Gasteiger partial charge in [0.15, 0.2) is 9.84 Å². The molecular formula is C24H32N2O6S2. The number of methoxy groups -OCH3 is 1. The van der Waals surface area contributed by atoms with E-state index in [0.29, 0.717) is 37.2 Å². The Morgan fingerprint density at radius 3 is 2.21 bits per heavy atom. The second-order valence-electron chi connectivity index (χ2n) is 8.45. The molecule has 1 atom stereocenters. The van der Waals surface area contributed by atoms with Gasteiger partial charge in [0.05, 0.1) is 22.9 Å². The first kappa shape index (κ1) is 26.2. The number of rotatable bonds is 10. The van der Waals surface area contributed by atoms with Gasteiger partial charge < -0.3 is 10.1 Å². The number of amides is 1. The molecule has 1 saturated heterocycles. The zero-order valence-electron chi connectivity index (χ0n) is 19.8. The van der Waals surface area contributed by atoms with Crippen molar-refractivity contribution in [2.75, 3.05) is 26.5 Å². The molecule has 10 heteroatoms. The second-order valence-corrected chi connectivity index (χ2v) is 12.4. The van der Waals surface area contributed by atoms with E-state index < -0.39 is 19.9 Å². The van der Waals surface area contributed by atoms with Crippen LogP contribution in [-0.4, -0.2) is 53.5 Å². The fourth-order valence-electron chi connectivity index (χ4n) is 4.07. The van der Waals surface area contributed by atoms with Crippen LogP contribution in [0.3, 0.4) is 0 Å². The smallest absolute Gasteiger partial charge is 0.243 e. The van der Waals surface area contributed by atoms with Gasteiger partial charge in [0.1, 0.15) is 5.75 Å². The number of hydrogen-bond acceptors (Lipinski definition) is 6. The summed E-state index contributed by atoms with van der Waals surface area (Å²) in [6, 6.07) is 11.0. The molecule has 1 aliphatic heterocycles. The number of ether oxygens (including phenoxy) is 1. The Morgan fingerprint density at radius 1 is 1.03 bits per heavy atom. The molecule has 3 rings (SSSR count). The normalized spacial score (nSPS) is 15.7. The maximum atomic E-state index is 12.9. The zero-order valence-corrected chi connectivity index (χ0v) is 21.4. The lowest BCUT2D eigenvalue weighted by Crippen LogP contribution is -2.28. The van der Waals surface area contributed by atoms with Crippen LogP contribution in [-0.2, 0) is 31.1 Å². The number of sulfone groups is 1. The molecule has 0 bridgehead atoms. The van der Waals surface area contributed by atoms with E-state index in [1.54, 1.807) is 30.3 Å². The second kappa shape index (κ2) is 10.9. The average Bonchev–Trinajstić information content (AvgIpc) is 3.36. The van der Waals surface area contributed by atoms with Crippen molar-refractivity contribution in [1.29, 1.82) is 0 Å². The Balaban J connectivity index is 1.69. The van der Waals surface area contributed by atoms with Gasteiger partial charge in [-0.3, -0.25) is 4.79 Å². The van der Waals surface area contributed by atoms with Crippen molar-refractivity contribution in [3.8, 4) is 5.75 Å². The summed E-state index contributed by atoms with van der Waals surface area (Å²) in [4.78, 5) is 13.1. The number of nitrogens with one attached hydrogen (secondary N) is 1. The standard InChI is InChI=1S/C24H32N2O6S2/c1-4-22(18-7-10-20(11-8-18)33(3,28)29)25-24(27)14-9-19-17-21(12-13-23(19)32-2)34(30,31)26-15-5-6-16-26/h7-8,10-13,17,22H,4-6,9,14-16H2,1-3H3,(H,25,27)/t22-/m1/s1. The maximum Gasteiger partial charge on any atom is 0.243 e. The summed E-state index contributed by atoms with van der Waals surface area (Å²) in [5, 5.41) is 2.98. The average molecular weight is 509 g/mol. The van der Waals surface area contributed by atoms with Crippen molar-refractivity contribution >= 4 is 25.8 Å². The highest BCUT2D eigenvalue weighted by molar-refractivity contribution is 7.90. The number of carbonyl (C=O) groups is 1. The molecule has 1 fully saturated rings. The van der Waals surface area contributed by atoms with Crippen molar-refractivity contribution in [2.45, 2.75) is 54.9 Å². The van der Waals surface area contributed by atoms with E-state index in [2.05, 4.69) is 5.32 Å². The summed E-state index contributed by atoms with van der Waals surface area (Å²) < 4.78 is 56.1. The quantitative estimate of drug-likeness (QED) is 0.528. The molecule has 2 aromatic rings. The van der Waals surface area contributed by atoms with E-state index in [9.17, 15) is 21.6 Å². The van der Waals surface area contributed by atoms with Gasteiger partial charge in [-0.2, -0.15) is 4.31 Å². The number of nitrogens with zero attached hydrogens (tertiary/aromatic N) is 1. The van der Waals surface area contributed by atoms with Crippen LogP contribution in [0.25, 0.3) is 0 Å². The summed E-state index contributed by atoms with van der Waals surface area (Å²) in [5.41, 5.74) is 1.48. The highest BCUT2D eigenvalue weighted by Crippen LogP contribution is 2.27. The first-order valence-corrected chi connectivity index (χ1v) is 14.7. The van der Waals surface area contributed by atoms with Crippen LogP contribution in [0.2, 0.25) is 0 Å². The molecule has 186 valence electrons. The fourth-order valence-corrected chi connectivity index (χ4v) is 6.27. The molecule has 0 saturated carbocycles. The number of aryl methyl sites for hydroxylation is 1. The van der Waals surface area contributed by atoms with Crippen LogP contribution in [0.15, 0.2) is 52.3 Å². The molecule has 1 aliphatic rings. The van der Waals surface area contributed by atoms with Crippen LogP contribution in [0.5, 0.6) is 5.75 Å². The van der Waals surface area contributed by atoms with Crippen molar-refractivity contribution in [3.63, 3.8) is 0 Å². The SMILES string of the molecule is CC[C@@H](NC(=O)CCc1cc(S(=O)(=O)N2CCCC2)ccc1OC)c1ccc(S(C)(=O)=O)cc1. The fraction of sp³-hybridized carbons (Fsp3) is 0.458. The Kier molecular flexibility index (Phi) is 8.38. The lowest BCUT2D eigenvalue weighted by molar-refractivity contribution is -0.121. The van der Waals surface area contributed by atoms with Crippen LogP contribution in [0, 0.1) is 0 Å². The largest absolute Gasteiger partial charge is 0.496 e. The van der Waals surface area contributed by atoms with E-state index in [1.807, 2.05) is 6.92 Å². The van der Waals surface area contributed by atoms with Gasteiger partial charge in [0.2, 0.25) is 15.9 Å². The maximum absolute atomic E-state index is 12.9. The number of carbonyl (C=O) groups excluding carboxylic acids is 1. The Bertz CT molecular complexity index is 1220. The van der Waals surface area contributed by atoms with Gasteiger partial charge >= 0.3 is 0 Å². The third kappa shape index (κ3) is 6.17. The molecule has 0 aromatic heterocycles. The van der Waals surface area contributed by atoms with E-state index in [4.69, 9.17) is 4.74 Å². The summed E-state index contributed by atoms with van der Waals surface area (Å²) in [5.74, 6) is 0.352. The molecule has 0 unspecified atom stereocenters. The van der Waals surface area contributed by atoms with Crippen molar-refractivity contribution in [3.05, 3.63) is 53.6 Å². The zero-order chi connectivity index (χ0) is 24.9. The number of sulfonamides is 1. The third-order valence-corrected chi connectivity index (χ3v) is 9.05. The minimum Gasteiger partial charge on any atom is -0.496 e. The van der Waals surface area contributed by atoms with Gasteiger partial charge in [-0.15, -0.1) is 0 Å². The molecular weight excluding hydrogens is 476 g/mol. The van der Waals surface area contributed by atoms with Gasteiger partial charge in [-0.05, 0) is 67.1 Å². The van der Waals surface area contributed by atoms with Crippen molar-refractivity contribution in [1.82, 2.24) is 9.62 Å². The first-order valence-electron chi connectivity index (χ1n) is 11.3. The minimum absolute atomic E-state index is 0.154. The Labute approximate surface area is 202 Å². The predicted octanol–water partition coefficient (Wildman–Crippen LogP) is 3.08. The third-order valence-electron chi connectivity index (χ3n) is 6.03. The van der Waals surface area contributed by atoms with Crippen LogP contribution < -0.4 is 10.1 Å². The molecule has 0 aliphatic carbocycles. The van der Waals surface area contributed by atoms with E-state index in [1.165, 1.54) is 23.5 Å². The molecule has 2 aromatic carbocycles. The number of hydrogen-bond donors (Lipinski definition) is 1. The van der Waals surface area contributed by atoms with E-state index in [-0.39, 0.29) is 28.2 Å². The highest BCUT2D eigenvalue weighted by Gasteiger charge is 2.28. The Morgan fingerprint density at radius 2 is 1.65 bits per heavy atom. The van der Waals surface area contributed by atoms with Crippen molar-refractivity contribution < 1.29 is 26.4 Å². The van der Waals surface area contributed by atoms with Gasteiger partial charge in [0.25, 0.3) is 0 Å². The summed E-state index contributed by atoms with van der Waals surface area (Å²) in [6.07, 6.45) is 3.98. The molecule has 0 spiro atoms. The molecule has 1 heterocycles. The summed E-state index contributed by atoms with van der Waals surface area (Å²) in [6.45, 7) is 2.98. The molecule has 1 N–H and O–H groups in total. The lowest BCUT2D eigenvalue weighted by atomic mass is 10.0. The molecule has 34 heavy (non-hydrogen) atoms. The van der Waals surface area contributed by atoms with Crippen LogP contribution >= 0.6 is 0 Å². The molecule has 0 radical (unpaired) electrons. The number of benzene rings is 2. The summed E-state index contributed by atoms with van der Waals surface area (Å²) in [7, 11) is -5.33. The van der Waals surface area contributed by atoms with Gasteiger partial charge in [0, 0.05) is 25.8 Å². The van der Waals surface area contributed by atoms with Crippen LogP contribution in [0.1, 0.15) is 49.8 Å². The van der Waals surface area contributed by atoms with E-state index >= 15 is 0 Å². The topological polar surface area (TPSA) is 110 Å². The van der Waals surface area contributed by atoms with Gasteiger partial charge in [-0.25, -0.2) is 16.8 Å². The summed E-state index contributed by atoms with van der Waals surface area (Å²) >= 11 is 0. The highest BCUT2D eigenvalue weighted by atomic mass is 32.2. The van der Waals surface area contributed by atoms with Crippen molar-refractivity contribution in [2.24, 2.45) is 0 Å².